The number of rotatable bonds is 17. The van der Waals surface area contributed by atoms with Gasteiger partial charge >= 0.3 is 0 Å². The van der Waals surface area contributed by atoms with Crippen LogP contribution in [0.3, 0.4) is 0 Å². The van der Waals surface area contributed by atoms with Gasteiger partial charge in [-0.15, -0.1) is 0 Å². The van der Waals surface area contributed by atoms with E-state index in [-0.39, 0.29) is 16.6 Å². The summed E-state index contributed by atoms with van der Waals surface area (Å²) in [5.41, 5.74) is 36.9. The quantitative estimate of drug-likeness (QED) is 0.0900. The normalized spacial score (nSPS) is 13.7. The molecule has 0 spiro atoms. The number of para-hydroxylation sites is 7. The maximum Gasteiger partial charge on any atom is 0.148 e. The molecule has 0 bridgehead atoms. The Labute approximate surface area is 793 Å². The van der Waals surface area contributed by atoms with Crippen molar-refractivity contribution in [2.24, 2.45) is 0 Å². The van der Waals surface area contributed by atoms with E-state index in [1.165, 1.54) is 50.1 Å². The molecule has 0 saturated carbocycles. The molecule has 8 heteroatoms. The highest BCUT2D eigenvalue weighted by molar-refractivity contribution is 6.07. The number of benzene rings is 18. The molecule has 0 atom stereocenters. The summed E-state index contributed by atoms with van der Waals surface area (Å²) in [6.45, 7) is 18.8. The first-order valence-electron chi connectivity index (χ1n) is 47.0. The van der Waals surface area contributed by atoms with Crippen molar-refractivity contribution < 1.29 is 17.6 Å². The SMILES string of the molecule is CC1(C)c2cc(N(c3ccccc3)c3ccc4c(c3)oc3ccccc34)ccc2-c2oc3c(c21)C(C)(C)c1cc(N(c2ccccc2)c2ccccc2-c2ccccc2)ccc1-3.CC1(C)c2cc(N(c3ccccc3)c3ccccc3-c3ccccc3)ccc2-c2oc3c(c21)C(C)(C)c1cc(N(c2ccccc2-c2ccccc2)c2c(F)cc(-c4ccccc4)cc2-c2ccccc2)ccc1-3. The van der Waals surface area contributed by atoms with Gasteiger partial charge in [-0.25, -0.2) is 4.39 Å². The molecular formula is C128H97FN4O3. The highest BCUT2D eigenvalue weighted by Crippen LogP contribution is 2.66. The summed E-state index contributed by atoms with van der Waals surface area (Å²) in [4.78, 5) is 9.26. The molecule has 3 aromatic heterocycles. The van der Waals surface area contributed by atoms with Crippen LogP contribution in [0.2, 0.25) is 0 Å². The zero-order chi connectivity index (χ0) is 91.9. The number of halogens is 1. The van der Waals surface area contributed by atoms with Crippen LogP contribution in [0.4, 0.5) is 72.6 Å². The summed E-state index contributed by atoms with van der Waals surface area (Å²) in [6.07, 6.45) is 0. The third-order valence-corrected chi connectivity index (χ3v) is 28.9. The van der Waals surface area contributed by atoms with Gasteiger partial charge in [0.25, 0.3) is 0 Å². The second kappa shape index (κ2) is 32.4. The lowest BCUT2D eigenvalue weighted by atomic mass is 9.74. The molecule has 136 heavy (non-hydrogen) atoms. The molecule has 0 radical (unpaired) electrons. The van der Waals surface area contributed by atoms with Gasteiger partial charge in [0, 0.05) is 151 Å². The number of fused-ring (bicyclic) bond motifs is 17. The Morgan fingerprint density at radius 3 is 0.853 bits per heavy atom. The first-order chi connectivity index (χ1) is 66.4. The Bertz CT molecular complexity index is 8220. The molecule has 0 N–H and O–H groups in total. The molecule has 4 aliphatic rings. The van der Waals surface area contributed by atoms with E-state index in [4.69, 9.17) is 13.3 Å². The molecule has 0 amide bonds. The Hall–Kier alpha value is -16.6. The number of furan rings is 3. The molecule has 3 heterocycles. The van der Waals surface area contributed by atoms with E-state index < -0.39 is 10.8 Å². The minimum Gasteiger partial charge on any atom is -0.456 e. The van der Waals surface area contributed by atoms with Gasteiger partial charge in [-0.3, -0.25) is 0 Å². The van der Waals surface area contributed by atoms with Crippen molar-refractivity contribution in [3.63, 3.8) is 0 Å². The highest BCUT2D eigenvalue weighted by Gasteiger charge is 2.53. The Kier molecular flexibility index (Phi) is 19.7. The Morgan fingerprint density at radius 1 is 0.191 bits per heavy atom. The van der Waals surface area contributed by atoms with Crippen LogP contribution in [0.5, 0.6) is 0 Å². The van der Waals surface area contributed by atoms with E-state index in [0.717, 1.165) is 180 Å². The van der Waals surface area contributed by atoms with Crippen LogP contribution in [0.15, 0.2) is 456 Å². The molecule has 21 aromatic rings. The van der Waals surface area contributed by atoms with Crippen molar-refractivity contribution in [3.8, 4) is 101 Å². The van der Waals surface area contributed by atoms with Crippen LogP contribution in [0.25, 0.3) is 123 Å². The molecule has 25 rings (SSSR count). The van der Waals surface area contributed by atoms with Gasteiger partial charge in [-0.05, 0) is 213 Å². The van der Waals surface area contributed by atoms with Crippen LogP contribution in [0.1, 0.15) is 99.9 Å². The number of nitrogens with zero attached hydrogens (tertiary/aromatic N) is 4. The Balaban J connectivity index is 0.000000151. The summed E-state index contributed by atoms with van der Waals surface area (Å²) < 4.78 is 38.7. The molecule has 654 valence electrons. The van der Waals surface area contributed by atoms with Gasteiger partial charge in [0.05, 0.1) is 22.7 Å². The van der Waals surface area contributed by atoms with E-state index in [0.29, 0.717) is 5.69 Å². The van der Waals surface area contributed by atoms with Crippen LogP contribution >= 0.6 is 0 Å². The van der Waals surface area contributed by atoms with E-state index in [2.05, 4.69) is 445 Å². The average Bonchev–Trinajstić information content (AvgIpc) is 1.52. The molecule has 0 unspecified atom stereocenters. The number of hydrogen-bond donors (Lipinski definition) is 0. The van der Waals surface area contributed by atoms with E-state index in [9.17, 15) is 0 Å². The summed E-state index contributed by atoms with van der Waals surface area (Å²) in [7, 11) is 0. The molecule has 0 aliphatic heterocycles. The smallest absolute Gasteiger partial charge is 0.148 e. The fraction of sp³-hybridized carbons (Fsp3) is 0.0938. The highest BCUT2D eigenvalue weighted by atomic mass is 19.1. The predicted molar refractivity (Wildman–Crippen MR) is 561 cm³/mol. The Morgan fingerprint density at radius 2 is 0.471 bits per heavy atom. The van der Waals surface area contributed by atoms with Gasteiger partial charge in [0.2, 0.25) is 0 Å². The van der Waals surface area contributed by atoms with Gasteiger partial charge in [0.1, 0.15) is 40.0 Å². The maximum absolute atomic E-state index is 17.9. The molecule has 0 fully saturated rings. The predicted octanol–water partition coefficient (Wildman–Crippen LogP) is 36.0. The lowest BCUT2D eigenvalue weighted by molar-refractivity contribution is 0.592. The van der Waals surface area contributed by atoms with E-state index >= 15 is 4.39 Å². The molecular weight excluding hydrogens is 1660 g/mol. The van der Waals surface area contributed by atoms with Crippen LogP contribution in [0, 0.1) is 5.82 Å². The van der Waals surface area contributed by atoms with Crippen molar-refractivity contribution in [3.05, 3.63) is 493 Å². The number of anilines is 12. The van der Waals surface area contributed by atoms with E-state index in [1.807, 2.05) is 66.7 Å². The van der Waals surface area contributed by atoms with Crippen molar-refractivity contribution in [1.82, 2.24) is 0 Å². The summed E-state index contributed by atoms with van der Waals surface area (Å²) in [5.74, 6) is 3.51. The van der Waals surface area contributed by atoms with Crippen molar-refractivity contribution in [1.29, 1.82) is 0 Å². The van der Waals surface area contributed by atoms with Crippen LogP contribution < -0.4 is 19.6 Å². The molecule has 18 aromatic carbocycles. The largest absolute Gasteiger partial charge is 0.456 e. The maximum atomic E-state index is 17.9. The first-order valence-corrected chi connectivity index (χ1v) is 47.0. The third kappa shape index (κ3) is 13.4. The monoisotopic (exact) mass is 1760 g/mol. The minimum absolute atomic E-state index is 0.314. The first kappa shape index (κ1) is 82.6. The number of hydrogen-bond acceptors (Lipinski definition) is 7. The second-order valence-electron chi connectivity index (χ2n) is 38.3. The molecule has 7 nitrogen and oxygen atoms in total. The van der Waals surface area contributed by atoms with Gasteiger partial charge in [-0.1, -0.05) is 334 Å². The van der Waals surface area contributed by atoms with Gasteiger partial charge < -0.3 is 32.9 Å². The zero-order valence-electron chi connectivity index (χ0n) is 77.0. The summed E-state index contributed by atoms with van der Waals surface area (Å²) in [6, 6.07) is 156. The van der Waals surface area contributed by atoms with Crippen molar-refractivity contribution in [2.75, 3.05) is 19.6 Å². The van der Waals surface area contributed by atoms with Crippen molar-refractivity contribution >= 4 is 90.2 Å². The fourth-order valence-corrected chi connectivity index (χ4v) is 22.4. The standard InChI is InChI=1S/C70H53FN2O.C58H44N2O2/c1-69(2)59-44-52(72(51-32-18-9-19-33-51)62-36-22-20-34-54(62)47-26-12-6-13-27-47)38-40-56(59)67-64(69)65-68(74-67)57-41-39-53(45-60(57)70(65,3)4)73(63-37-23-21-35-55(63)48-28-14-7-15-29-48)66-58(49-30-16-8-17-31-49)42-50(43-61(66)71)46-24-10-5-11-25-46;1-57(2)48-34-40(59(38-20-10-6-11-21-38)42-28-31-45-44-25-15-17-27-51(44)61-52(45)36-42)29-32-46(48)55-53(57)54-56(62-55)47-33-30-41(35-49(47)58(54,3)4)60(39-22-12-7-13-23-39)50-26-16-14-24-43(50)37-18-8-5-9-19-37/h5-45H,1-4H3;5-36H,1-4H3. The van der Waals surface area contributed by atoms with Crippen LogP contribution in [-0.2, 0) is 21.7 Å². The lowest BCUT2D eigenvalue weighted by Crippen LogP contribution is -2.24. The fourth-order valence-electron chi connectivity index (χ4n) is 22.4. The van der Waals surface area contributed by atoms with E-state index in [1.54, 1.807) is 6.07 Å². The molecule has 4 aliphatic carbocycles. The second-order valence-corrected chi connectivity index (χ2v) is 38.3. The third-order valence-electron chi connectivity index (χ3n) is 28.9. The summed E-state index contributed by atoms with van der Waals surface area (Å²) >= 11 is 0. The zero-order valence-corrected chi connectivity index (χ0v) is 77.0. The summed E-state index contributed by atoms with van der Waals surface area (Å²) in [5, 5.41) is 2.25. The van der Waals surface area contributed by atoms with Gasteiger partial charge in [-0.2, -0.15) is 0 Å². The average molecular weight is 1760 g/mol. The minimum atomic E-state index is -0.479. The molecule has 0 saturated heterocycles. The van der Waals surface area contributed by atoms with Crippen molar-refractivity contribution in [2.45, 2.75) is 77.0 Å². The lowest BCUT2D eigenvalue weighted by Gasteiger charge is -2.32. The van der Waals surface area contributed by atoms with Crippen LogP contribution in [-0.4, -0.2) is 0 Å². The van der Waals surface area contributed by atoms with Gasteiger partial charge in [0.15, 0.2) is 0 Å². The topological polar surface area (TPSA) is 52.4 Å².